The maximum atomic E-state index is 10.00. The van der Waals surface area contributed by atoms with Crippen LogP contribution in [0.1, 0.15) is 36.4 Å². The third-order valence-electron chi connectivity index (χ3n) is 6.90. The Morgan fingerprint density at radius 2 is 1.97 bits per heavy atom. The number of hydrogen-bond donors (Lipinski definition) is 4. The number of aliphatic hydroxyl groups excluding tert-OH is 1. The second-order valence-corrected chi connectivity index (χ2v) is 8.98. The van der Waals surface area contributed by atoms with Gasteiger partial charge in [-0.15, -0.1) is 10.2 Å². The number of aryl methyl sites for hydroxylation is 1. The Labute approximate surface area is 194 Å². The number of aromatic amines is 1. The monoisotopic (exact) mass is 444 g/mol. The first-order valence-corrected chi connectivity index (χ1v) is 11.9. The number of benzene rings is 2. The largest absolute Gasteiger partial charge is 0.394 e. The Balaban J connectivity index is 1.23. The normalized spacial score (nSPS) is 19.7. The molecule has 2 unspecified atom stereocenters. The van der Waals surface area contributed by atoms with Crippen LogP contribution in [0.2, 0.25) is 0 Å². The van der Waals surface area contributed by atoms with E-state index in [1.54, 1.807) is 12.7 Å². The second-order valence-electron chi connectivity index (χ2n) is 8.98. The van der Waals surface area contributed by atoms with Crippen LogP contribution >= 0.6 is 0 Å². The van der Waals surface area contributed by atoms with Gasteiger partial charge in [0, 0.05) is 28.8 Å². The van der Waals surface area contributed by atoms with Gasteiger partial charge in [0.25, 0.3) is 0 Å². The van der Waals surface area contributed by atoms with Crippen molar-refractivity contribution >= 4 is 10.9 Å². The van der Waals surface area contributed by atoms with E-state index in [2.05, 4.69) is 62.3 Å². The number of aliphatic hydroxyl groups is 1. The SMILES string of the molecule is OCC(N[C@@H]1CCNCC1CCCc1c[nH]c2ccc(-n3cnnc3)cc12)c1ccccc1. The lowest BCUT2D eigenvalue weighted by Gasteiger charge is -2.35. The fraction of sp³-hybridized carbons (Fsp3) is 0.385. The lowest BCUT2D eigenvalue weighted by molar-refractivity contribution is 0.191. The van der Waals surface area contributed by atoms with Gasteiger partial charge in [0.1, 0.15) is 12.7 Å². The maximum Gasteiger partial charge on any atom is 0.123 e. The van der Waals surface area contributed by atoms with Crippen LogP contribution in [0.3, 0.4) is 0 Å². The molecule has 4 aromatic rings. The third-order valence-corrected chi connectivity index (χ3v) is 6.90. The molecule has 3 heterocycles. The summed E-state index contributed by atoms with van der Waals surface area (Å²) in [7, 11) is 0. The fourth-order valence-corrected chi connectivity index (χ4v) is 5.07. The first kappa shape index (κ1) is 21.8. The molecule has 5 rings (SSSR count). The van der Waals surface area contributed by atoms with Gasteiger partial charge in [-0.05, 0) is 74.0 Å². The Bertz CT molecular complexity index is 1140. The summed E-state index contributed by atoms with van der Waals surface area (Å²) in [5.74, 6) is 0.550. The van der Waals surface area contributed by atoms with Crippen LogP contribution in [0, 0.1) is 5.92 Å². The van der Waals surface area contributed by atoms with Gasteiger partial charge >= 0.3 is 0 Å². The Hall–Kier alpha value is -3.00. The quantitative estimate of drug-likeness (QED) is 0.318. The van der Waals surface area contributed by atoms with Crippen LogP contribution in [0.15, 0.2) is 67.4 Å². The smallest absolute Gasteiger partial charge is 0.123 e. The van der Waals surface area contributed by atoms with Gasteiger partial charge in [-0.25, -0.2) is 0 Å². The molecule has 33 heavy (non-hydrogen) atoms. The van der Waals surface area contributed by atoms with E-state index in [9.17, 15) is 5.11 Å². The van der Waals surface area contributed by atoms with Crippen LogP contribution < -0.4 is 10.6 Å². The fourth-order valence-electron chi connectivity index (χ4n) is 5.07. The van der Waals surface area contributed by atoms with Gasteiger partial charge in [0.15, 0.2) is 0 Å². The van der Waals surface area contributed by atoms with E-state index in [4.69, 9.17) is 0 Å². The molecule has 0 bridgehead atoms. The molecule has 2 aromatic carbocycles. The molecule has 0 spiro atoms. The Morgan fingerprint density at radius 3 is 2.79 bits per heavy atom. The summed E-state index contributed by atoms with van der Waals surface area (Å²) in [6.07, 6.45) is 10.0. The molecule has 1 aliphatic heterocycles. The zero-order valence-electron chi connectivity index (χ0n) is 18.8. The average molecular weight is 445 g/mol. The molecule has 1 saturated heterocycles. The summed E-state index contributed by atoms with van der Waals surface area (Å²) in [6.45, 7) is 2.16. The standard InChI is InChI=1S/C26H32N6O/c33-16-26(19-5-2-1-3-6-19)31-24-11-12-27-14-21(24)8-4-7-20-15-28-25-10-9-22(13-23(20)25)32-17-29-30-18-32/h1-3,5-6,9-10,13,15,17-18,21,24,26-28,31,33H,4,7-8,11-12,14,16H2/t21?,24-,26?/m1/s1. The van der Waals surface area contributed by atoms with Crippen molar-refractivity contribution in [2.75, 3.05) is 19.7 Å². The van der Waals surface area contributed by atoms with Crippen molar-refractivity contribution in [1.29, 1.82) is 0 Å². The highest BCUT2D eigenvalue weighted by molar-refractivity contribution is 5.85. The van der Waals surface area contributed by atoms with E-state index in [-0.39, 0.29) is 12.6 Å². The molecule has 0 radical (unpaired) electrons. The number of nitrogens with one attached hydrogen (secondary N) is 3. The summed E-state index contributed by atoms with van der Waals surface area (Å²) < 4.78 is 1.94. The molecular weight excluding hydrogens is 412 g/mol. The minimum atomic E-state index is -0.0125. The molecule has 1 fully saturated rings. The Kier molecular flexibility index (Phi) is 6.81. The highest BCUT2D eigenvalue weighted by Crippen LogP contribution is 2.26. The van der Waals surface area contributed by atoms with E-state index < -0.39 is 0 Å². The highest BCUT2D eigenvalue weighted by Gasteiger charge is 2.27. The van der Waals surface area contributed by atoms with Gasteiger partial charge in [-0.3, -0.25) is 4.57 Å². The summed E-state index contributed by atoms with van der Waals surface area (Å²) in [5, 5.41) is 26.4. The van der Waals surface area contributed by atoms with Gasteiger partial charge in [0.2, 0.25) is 0 Å². The molecule has 4 N–H and O–H groups in total. The molecule has 2 aromatic heterocycles. The lowest BCUT2D eigenvalue weighted by Crippen LogP contribution is -2.49. The van der Waals surface area contributed by atoms with E-state index in [0.717, 1.165) is 55.5 Å². The molecule has 3 atom stereocenters. The van der Waals surface area contributed by atoms with Crippen molar-refractivity contribution in [3.63, 3.8) is 0 Å². The number of H-pyrrole nitrogens is 1. The summed E-state index contributed by atoms with van der Waals surface area (Å²) in [5.41, 5.74) is 4.74. The van der Waals surface area contributed by atoms with E-state index in [1.807, 2.05) is 22.8 Å². The first-order chi connectivity index (χ1) is 16.3. The molecular formula is C26H32N6O. The van der Waals surface area contributed by atoms with Crippen molar-refractivity contribution in [2.45, 2.75) is 37.8 Å². The predicted octanol–water partition coefficient (Wildman–Crippen LogP) is 3.37. The average Bonchev–Trinajstić information content (AvgIpc) is 3.54. The van der Waals surface area contributed by atoms with Gasteiger partial charge < -0.3 is 20.7 Å². The van der Waals surface area contributed by atoms with E-state index in [0.29, 0.717) is 12.0 Å². The summed E-state index contributed by atoms with van der Waals surface area (Å²) >= 11 is 0. The number of aromatic nitrogens is 4. The van der Waals surface area contributed by atoms with E-state index in [1.165, 1.54) is 10.9 Å². The molecule has 7 nitrogen and oxygen atoms in total. The van der Waals surface area contributed by atoms with Crippen molar-refractivity contribution in [2.24, 2.45) is 5.92 Å². The first-order valence-electron chi connectivity index (χ1n) is 11.9. The second kappa shape index (κ2) is 10.3. The maximum absolute atomic E-state index is 10.00. The van der Waals surface area contributed by atoms with Crippen molar-refractivity contribution in [3.8, 4) is 5.69 Å². The number of hydrogen-bond acceptors (Lipinski definition) is 5. The zero-order chi connectivity index (χ0) is 22.5. The zero-order valence-corrected chi connectivity index (χ0v) is 18.8. The minimum absolute atomic E-state index is 0.0125. The lowest BCUT2D eigenvalue weighted by atomic mass is 9.87. The van der Waals surface area contributed by atoms with Crippen LogP contribution in [-0.4, -0.2) is 50.6 Å². The topological polar surface area (TPSA) is 90.8 Å². The third kappa shape index (κ3) is 5.00. The van der Waals surface area contributed by atoms with Crippen molar-refractivity contribution < 1.29 is 5.11 Å². The van der Waals surface area contributed by atoms with Crippen molar-refractivity contribution in [1.82, 2.24) is 30.4 Å². The highest BCUT2D eigenvalue weighted by atomic mass is 16.3. The Morgan fingerprint density at radius 1 is 1.12 bits per heavy atom. The minimum Gasteiger partial charge on any atom is -0.394 e. The van der Waals surface area contributed by atoms with E-state index >= 15 is 0 Å². The van der Waals surface area contributed by atoms with Crippen LogP contribution in [0.4, 0.5) is 0 Å². The molecule has 1 aliphatic rings. The summed E-state index contributed by atoms with van der Waals surface area (Å²) in [6, 6.07) is 17.1. The van der Waals surface area contributed by atoms with Crippen LogP contribution in [0.5, 0.6) is 0 Å². The summed E-state index contributed by atoms with van der Waals surface area (Å²) in [4.78, 5) is 3.42. The molecule has 0 saturated carbocycles. The molecule has 7 heteroatoms. The van der Waals surface area contributed by atoms with Crippen molar-refractivity contribution in [3.05, 3.63) is 78.5 Å². The predicted molar refractivity (Wildman–Crippen MR) is 130 cm³/mol. The number of piperidine rings is 1. The van der Waals surface area contributed by atoms with Crippen LogP contribution in [-0.2, 0) is 6.42 Å². The van der Waals surface area contributed by atoms with Crippen LogP contribution in [0.25, 0.3) is 16.6 Å². The number of nitrogens with zero attached hydrogens (tertiary/aromatic N) is 3. The van der Waals surface area contributed by atoms with Gasteiger partial charge in [-0.1, -0.05) is 30.3 Å². The van der Waals surface area contributed by atoms with Gasteiger partial charge in [-0.2, -0.15) is 0 Å². The molecule has 172 valence electrons. The number of fused-ring (bicyclic) bond motifs is 1. The number of rotatable bonds is 9. The molecule has 0 aliphatic carbocycles. The van der Waals surface area contributed by atoms with Gasteiger partial charge in [0.05, 0.1) is 12.6 Å². The molecule has 0 amide bonds.